The van der Waals surface area contributed by atoms with Crippen molar-refractivity contribution < 1.29 is 33.0 Å². The fraction of sp³-hybridized carbons (Fsp3) is 0.607. The van der Waals surface area contributed by atoms with Crippen LogP contribution < -0.4 is 0 Å². The van der Waals surface area contributed by atoms with E-state index in [-0.39, 0.29) is 48.5 Å². The summed E-state index contributed by atoms with van der Waals surface area (Å²) in [5, 5.41) is 0. The van der Waals surface area contributed by atoms with Gasteiger partial charge in [0.25, 0.3) is 0 Å². The summed E-state index contributed by atoms with van der Waals surface area (Å²) in [6.45, 7) is 10.0. The second kappa shape index (κ2) is 8.19. The normalized spacial score (nSPS) is 41.4. The van der Waals surface area contributed by atoms with Gasteiger partial charge < -0.3 is 18.6 Å². The predicted molar refractivity (Wildman–Crippen MR) is 126 cm³/mol. The summed E-state index contributed by atoms with van der Waals surface area (Å²) >= 11 is 0. The lowest BCUT2D eigenvalue weighted by molar-refractivity contribution is -0.205. The van der Waals surface area contributed by atoms with E-state index in [4.69, 9.17) is 18.6 Å². The minimum atomic E-state index is -0.958. The number of furan rings is 1. The molecule has 0 spiro atoms. The summed E-state index contributed by atoms with van der Waals surface area (Å²) in [6, 6.07) is 2.01. The zero-order valence-corrected chi connectivity index (χ0v) is 21.3. The maximum absolute atomic E-state index is 13.8. The summed E-state index contributed by atoms with van der Waals surface area (Å²) in [7, 11) is 1.37. The highest BCUT2D eigenvalue weighted by Crippen LogP contribution is 2.67. The Morgan fingerprint density at radius 2 is 1.94 bits per heavy atom. The van der Waals surface area contributed by atoms with Gasteiger partial charge in [0.2, 0.25) is 0 Å². The van der Waals surface area contributed by atoms with Crippen LogP contribution in [0.1, 0.15) is 64.2 Å². The molecule has 2 bridgehead atoms. The van der Waals surface area contributed by atoms with Crippen molar-refractivity contribution >= 4 is 17.7 Å². The molecule has 4 aliphatic rings. The highest BCUT2D eigenvalue weighted by atomic mass is 16.6. The minimum Gasteiger partial charge on any atom is -0.469 e. The van der Waals surface area contributed by atoms with E-state index < -0.39 is 29.0 Å². The quantitative estimate of drug-likeness (QED) is 0.464. The molecule has 188 valence electrons. The number of allylic oxidation sites excluding steroid dienone is 2. The molecule has 35 heavy (non-hydrogen) atoms. The number of esters is 2. The van der Waals surface area contributed by atoms with Gasteiger partial charge in [0.05, 0.1) is 32.3 Å². The number of hydrogen-bond donors (Lipinski definition) is 0. The van der Waals surface area contributed by atoms with Gasteiger partial charge in [-0.15, -0.1) is 0 Å². The number of carbonyl (C=O) groups is 3. The number of methoxy groups -OCH3 is 1. The van der Waals surface area contributed by atoms with Crippen molar-refractivity contribution in [2.75, 3.05) is 7.11 Å². The van der Waals surface area contributed by atoms with Crippen LogP contribution in [0.2, 0.25) is 0 Å². The first-order chi connectivity index (χ1) is 16.5. The van der Waals surface area contributed by atoms with Crippen LogP contribution in [0.4, 0.5) is 0 Å². The molecule has 3 heterocycles. The molecule has 7 heteroatoms. The van der Waals surface area contributed by atoms with Gasteiger partial charge >= 0.3 is 11.9 Å². The topological polar surface area (TPSA) is 92.0 Å². The third-order valence-electron chi connectivity index (χ3n) is 9.61. The van der Waals surface area contributed by atoms with Gasteiger partial charge in [0.1, 0.15) is 18.0 Å². The number of carbonyl (C=O) groups excluding carboxylic acids is 3. The summed E-state index contributed by atoms with van der Waals surface area (Å²) in [4.78, 5) is 39.2. The van der Waals surface area contributed by atoms with Crippen LogP contribution in [-0.2, 0) is 28.6 Å². The Bertz CT molecular complexity index is 1140. The van der Waals surface area contributed by atoms with Gasteiger partial charge in [-0.1, -0.05) is 32.4 Å². The third kappa shape index (κ3) is 3.23. The fourth-order valence-corrected chi connectivity index (χ4v) is 7.66. The molecule has 0 aromatic carbocycles. The average molecular weight is 483 g/mol. The molecule has 1 saturated heterocycles. The van der Waals surface area contributed by atoms with Crippen molar-refractivity contribution in [3.8, 4) is 0 Å². The maximum Gasteiger partial charge on any atom is 0.310 e. The zero-order chi connectivity index (χ0) is 25.3. The average Bonchev–Trinajstić information content (AvgIpc) is 3.47. The monoisotopic (exact) mass is 482 g/mol. The minimum absolute atomic E-state index is 0.0309. The van der Waals surface area contributed by atoms with Crippen molar-refractivity contribution in [2.24, 2.45) is 22.7 Å². The van der Waals surface area contributed by atoms with E-state index in [2.05, 4.69) is 13.8 Å². The van der Waals surface area contributed by atoms with Crippen LogP contribution in [-0.4, -0.2) is 43.1 Å². The number of hydrogen-bond acceptors (Lipinski definition) is 7. The molecule has 0 amide bonds. The number of fused-ring (bicyclic) bond motifs is 6. The van der Waals surface area contributed by atoms with Gasteiger partial charge in [-0.2, -0.15) is 0 Å². The second-order valence-electron chi connectivity index (χ2n) is 11.0. The van der Waals surface area contributed by atoms with Gasteiger partial charge in [-0.3, -0.25) is 14.4 Å². The highest BCUT2D eigenvalue weighted by Gasteiger charge is 2.70. The van der Waals surface area contributed by atoms with E-state index in [9.17, 15) is 14.4 Å². The number of ether oxygens (including phenoxy) is 3. The second-order valence-corrected chi connectivity index (χ2v) is 11.0. The van der Waals surface area contributed by atoms with E-state index in [1.165, 1.54) is 18.8 Å². The molecule has 0 radical (unpaired) electrons. The number of rotatable bonds is 3. The first kappa shape index (κ1) is 24.0. The lowest BCUT2D eigenvalue weighted by Crippen LogP contribution is -2.64. The fourth-order valence-electron chi connectivity index (χ4n) is 7.66. The number of ketones is 1. The van der Waals surface area contributed by atoms with Gasteiger partial charge in [0, 0.05) is 28.2 Å². The van der Waals surface area contributed by atoms with Crippen LogP contribution in [0.5, 0.6) is 0 Å². The van der Waals surface area contributed by atoms with Crippen molar-refractivity contribution in [1.82, 2.24) is 0 Å². The largest absolute Gasteiger partial charge is 0.469 e. The lowest BCUT2D eigenvalue weighted by Gasteiger charge is -2.57. The molecular weight excluding hydrogens is 448 g/mol. The van der Waals surface area contributed by atoms with Crippen LogP contribution in [0.3, 0.4) is 0 Å². The predicted octanol–water partition coefficient (Wildman–Crippen LogP) is 4.44. The van der Waals surface area contributed by atoms with E-state index in [0.29, 0.717) is 0 Å². The highest BCUT2D eigenvalue weighted by molar-refractivity contribution is 5.96. The third-order valence-corrected chi connectivity index (χ3v) is 9.61. The lowest BCUT2D eigenvalue weighted by atomic mass is 9.46. The van der Waals surface area contributed by atoms with Crippen LogP contribution in [0.25, 0.3) is 0 Å². The van der Waals surface area contributed by atoms with Gasteiger partial charge in [-0.25, -0.2) is 0 Å². The van der Waals surface area contributed by atoms with Gasteiger partial charge in [-0.05, 0) is 43.9 Å². The van der Waals surface area contributed by atoms with Crippen LogP contribution >= 0.6 is 0 Å². The Labute approximate surface area is 205 Å². The van der Waals surface area contributed by atoms with Crippen LogP contribution in [0.15, 0.2) is 40.0 Å². The van der Waals surface area contributed by atoms with E-state index in [1.807, 2.05) is 26.8 Å². The Hall–Kier alpha value is -2.67. The molecule has 2 aliphatic carbocycles. The molecular formula is C28H34O7. The summed E-state index contributed by atoms with van der Waals surface area (Å²) < 4.78 is 23.5. The standard InChI is InChI=1S/C28H34O7/c1-14-18(17-10-11-33-16(17)3)12-19-24(14)28(5)20(13-23(31)32-6)27(4)15(2)25(26(28)34-19)35-22(30)9-7-8-21(27)29/h7-8,10-11,15,18-20,25-26H,9,12-13H2,1-6H3/b8-7-/t15-,18-,19-,20-,25-,26-,27+,28-/m1/s1. The molecule has 2 fully saturated rings. The van der Waals surface area contributed by atoms with E-state index in [1.54, 1.807) is 12.3 Å². The van der Waals surface area contributed by atoms with Crippen molar-refractivity contribution in [3.63, 3.8) is 0 Å². The smallest absolute Gasteiger partial charge is 0.310 e. The molecule has 1 aromatic rings. The molecule has 1 saturated carbocycles. The zero-order valence-electron chi connectivity index (χ0n) is 21.3. The SMILES string of the molecule is COC(=O)C[C@H]1[C@]2(C)C3=C(C)[C@H](c4ccoc4C)C[C@H]3O[C@@H]2[C@@H]2OC(=O)C/C=C\C(=O)[C@@]1(C)[C@@H]2C. The molecule has 0 unspecified atom stereocenters. The van der Waals surface area contributed by atoms with Crippen molar-refractivity contribution in [1.29, 1.82) is 0 Å². The molecule has 7 nitrogen and oxygen atoms in total. The summed E-state index contributed by atoms with van der Waals surface area (Å²) in [5.74, 6) is -0.567. The molecule has 8 atom stereocenters. The van der Waals surface area contributed by atoms with Crippen LogP contribution in [0, 0.1) is 29.6 Å². The first-order valence-electron chi connectivity index (χ1n) is 12.4. The molecule has 5 rings (SSSR count). The summed E-state index contributed by atoms with van der Waals surface area (Å²) in [5.41, 5.74) is 1.77. The van der Waals surface area contributed by atoms with E-state index in [0.717, 1.165) is 23.3 Å². The maximum atomic E-state index is 13.8. The Morgan fingerprint density at radius 1 is 1.20 bits per heavy atom. The Balaban J connectivity index is 1.72. The van der Waals surface area contributed by atoms with Crippen molar-refractivity contribution in [3.05, 3.63) is 47.0 Å². The Kier molecular flexibility index (Phi) is 5.62. The van der Waals surface area contributed by atoms with E-state index >= 15 is 0 Å². The van der Waals surface area contributed by atoms with Crippen molar-refractivity contribution in [2.45, 2.75) is 78.1 Å². The molecule has 1 aromatic heterocycles. The molecule has 0 N–H and O–H groups in total. The summed E-state index contributed by atoms with van der Waals surface area (Å²) in [6.07, 6.45) is 4.37. The number of aryl methyl sites for hydroxylation is 1. The Morgan fingerprint density at radius 3 is 2.60 bits per heavy atom. The first-order valence-corrected chi connectivity index (χ1v) is 12.4. The molecule has 2 aliphatic heterocycles. The van der Waals surface area contributed by atoms with Gasteiger partial charge in [0.15, 0.2) is 5.78 Å².